The van der Waals surface area contributed by atoms with Crippen LogP contribution in [0.25, 0.3) is 6.08 Å². The SMILES string of the molecule is Cc1cccc(/C=C/C(=O)c2ccc(C)s2)c1. The molecule has 1 aromatic heterocycles. The summed E-state index contributed by atoms with van der Waals surface area (Å²) >= 11 is 1.53. The van der Waals surface area contributed by atoms with Gasteiger partial charge in [-0.1, -0.05) is 35.9 Å². The molecule has 1 heterocycles. The van der Waals surface area contributed by atoms with Crippen molar-refractivity contribution in [2.75, 3.05) is 0 Å². The fourth-order valence-electron chi connectivity index (χ4n) is 1.59. The lowest BCUT2D eigenvalue weighted by Gasteiger charge is -1.95. The molecule has 0 atom stereocenters. The highest BCUT2D eigenvalue weighted by molar-refractivity contribution is 7.14. The van der Waals surface area contributed by atoms with Crippen molar-refractivity contribution < 1.29 is 4.79 Å². The number of aryl methyl sites for hydroxylation is 2. The van der Waals surface area contributed by atoms with E-state index in [1.165, 1.54) is 16.9 Å². The molecule has 0 aliphatic heterocycles. The first-order chi connectivity index (χ1) is 8.15. The van der Waals surface area contributed by atoms with Crippen LogP contribution >= 0.6 is 11.3 Å². The third-order valence-electron chi connectivity index (χ3n) is 2.45. The largest absolute Gasteiger partial charge is 0.288 e. The predicted octanol–water partition coefficient (Wildman–Crippen LogP) is 4.26. The minimum atomic E-state index is 0.0737. The van der Waals surface area contributed by atoms with Crippen LogP contribution in [0.3, 0.4) is 0 Å². The normalized spacial score (nSPS) is 10.9. The van der Waals surface area contributed by atoms with Gasteiger partial charge in [0.15, 0.2) is 5.78 Å². The maximum atomic E-state index is 11.8. The Morgan fingerprint density at radius 1 is 1.18 bits per heavy atom. The Morgan fingerprint density at radius 2 is 2.00 bits per heavy atom. The van der Waals surface area contributed by atoms with Crippen LogP contribution in [0.4, 0.5) is 0 Å². The van der Waals surface area contributed by atoms with Crippen molar-refractivity contribution in [1.29, 1.82) is 0 Å². The van der Waals surface area contributed by atoms with Gasteiger partial charge in [-0.15, -0.1) is 11.3 Å². The molecule has 0 spiro atoms. The number of carbonyl (C=O) groups is 1. The van der Waals surface area contributed by atoms with Crippen LogP contribution in [0.5, 0.6) is 0 Å². The van der Waals surface area contributed by atoms with E-state index in [9.17, 15) is 4.79 Å². The van der Waals surface area contributed by atoms with Crippen LogP contribution in [0.15, 0.2) is 42.5 Å². The molecule has 0 N–H and O–H groups in total. The van der Waals surface area contributed by atoms with Crippen molar-refractivity contribution in [3.63, 3.8) is 0 Å². The Morgan fingerprint density at radius 3 is 2.65 bits per heavy atom. The minimum absolute atomic E-state index is 0.0737. The van der Waals surface area contributed by atoms with E-state index in [4.69, 9.17) is 0 Å². The molecule has 17 heavy (non-hydrogen) atoms. The molecule has 2 heteroatoms. The van der Waals surface area contributed by atoms with Crippen LogP contribution in [0.1, 0.15) is 25.7 Å². The molecule has 0 saturated carbocycles. The van der Waals surface area contributed by atoms with Gasteiger partial charge in [-0.2, -0.15) is 0 Å². The van der Waals surface area contributed by atoms with Gasteiger partial charge in [0.2, 0.25) is 0 Å². The van der Waals surface area contributed by atoms with E-state index >= 15 is 0 Å². The average molecular weight is 242 g/mol. The lowest BCUT2D eigenvalue weighted by atomic mass is 10.1. The highest BCUT2D eigenvalue weighted by Gasteiger charge is 2.03. The summed E-state index contributed by atoms with van der Waals surface area (Å²) < 4.78 is 0. The molecule has 0 amide bonds. The van der Waals surface area contributed by atoms with Crippen molar-refractivity contribution in [2.24, 2.45) is 0 Å². The van der Waals surface area contributed by atoms with E-state index in [1.807, 2.05) is 50.3 Å². The minimum Gasteiger partial charge on any atom is -0.288 e. The first-order valence-electron chi connectivity index (χ1n) is 5.51. The molecule has 1 aromatic carbocycles. The van der Waals surface area contributed by atoms with E-state index in [2.05, 4.69) is 6.07 Å². The molecule has 0 aliphatic carbocycles. The van der Waals surface area contributed by atoms with E-state index in [0.717, 1.165) is 15.3 Å². The zero-order chi connectivity index (χ0) is 12.3. The summed E-state index contributed by atoms with van der Waals surface area (Å²) in [6.45, 7) is 4.05. The van der Waals surface area contributed by atoms with Gasteiger partial charge in [-0.3, -0.25) is 4.79 Å². The molecule has 0 radical (unpaired) electrons. The molecule has 0 unspecified atom stereocenters. The van der Waals surface area contributed by atoms with Crippen LogP contribution in [0, 0.1) is 13.8 Å². The number of hydrogen-bond donors (Lipinski definition) is 0. The Kier molecular flexibility index (Phi) is 3.55. The average Bonchev–Trinajstić information content (AvgIpc) is 2.73. The van der Waals surface area contributed by atoms with Crippen LogP contribution in [-0.4, -0.2) is 5.78 Å². The van der Waals surface area contributed by atoms with E-state index < -0.39 is 0 Å². The first-order valence-corrected chi connectivity index (χ1v) is 6.32. The summed E-state index contributed by atoms with van der Waals surface area (Å²) in [5.41, 5.74) is 2.26. The standard InChI is InChI=1S/C15H14OS/c1-11-4-3-5-13(10-11)7-8-14(16)15-9-6-12(2)17-15/h3-10H,1-2H3/b8-7+. The second-order valence-electron chi connectivity index (χ2n) is 4.02. The van der Waals surface area contributed by atoms with E-state index in [-0.39, 0.29) is 5.78 Å². The number of hydrogen-bond acceptors (Lipinski definition) is 2. The highest BCUT2D eigenvalue weighted by atomic mass is 32.1. The van der Waals surface area contributed by atoms with Gasteiger partial charge in [0, 0.05) is 4.88 Å². The van der Waals surface area contributed by atoms with Gasteiger partial charge in [0.1, 0.15) is 0 Å². The van der Waals surface area contributed by atoms with Gasteiger partial charge in [0.05, 0.1) is 4.88 Å². The van der Waals surface area contributed by atoms with Crippen molar-refractivity contribution >= 4 is 23.2 Å². The van der Waals surface area contributed by atoms with Gasteiger partial charge < -0.3 is 0 Å². The van der Waals surface area contributed by atoms with Crippen LogP contribution in [0.2, 0.25) is 0 Å². The molecule has 0 bridgehead atoms. The Balaban J connectivity index is 2.13. The molecule has 2 rings (SSSR count). The van der Waals surface area contributed by atoms with Crippen LogP contribution < -0.4 is 0 Å². The maximum Gasteiger partial charge on any atom is 0.195 e. The number of ketones is 1. The molecule has 0 saturated heterocycles. The van der Waals surface area contributed by atoms with Gasteiger partial charge in [-0.25, -0.2) is 0 Å². The third kappa shape index (κ3) is 3.14. The molecule has 1 nitrogen and oxygen atoms in total. The Bertz CT molecular complexity index is 564. The predicted molar refractivity (Wildman–Crippen MR) is 73.6 cm³/mol. The van der Waals surface area contributed by atoms with Crippen molar-refractivity contribution in [2.45, 2.75) is 13.8 Å². The van der Waals surface area contributed by atoms with Crippen molar-refractivity contribution in [1.82, 2.24) is 0 Å². The number of thiophene rings is 1. The summed E-state index contributed by atoms with van der Waals surface area (Å²) in [7, 11) is 0. The number of carbonyl (C=O) groups excluding carboxylic acids is 1. The van der Waals surface area contributed by atoms with Crippen molar-refractivity contribution in [3.8, 4) is 0 Å². The van der Waals surface area contributed by atoms with Gasteiger partial charge in [0.25, 0.3) is 0 Å². The second-order valence-corrected chi connectivity index (χ2v) is 5.31. The number of rotatable bonds is 3. The molecule has 0 aliphatic rings. The molecule has 0 fully saturated rings. The summed E-state index contributed by atoms with van der Waals surface area (Å²) in [6, 6.07) is 11.9. The topological polar surface area (TPSA) is 17.1 Å². The fraction of sp³-hybridized carbons (Fsp3) is 0.133. The quantitative estimate of drug-likeness (QED) is 0.580. The zero-order valence-corrected chi connectivity index (χ0v) is 10.8. The Hall–Kier alpha value is -1.67. The number of allylic oxidation sites excluding steroid dienone is 1. The summed E-state index contributed by atoms with van der Waals surface area (Å²) in [5, 5.41) is 0. The number of benzene rings is 1. The van der Waals surface area contributed by atoms with Crippen LogP contribution in [-0.2, 0) is 0 Å². The van der Waals surface area contributed by atoms with Gasteiger partial charge in [-0.05, 0) is 37.6 Å². The van der Waals surface area contributed by atoms with E-state index in [1.54, 1.807) is 6.08 Å². The third-order valence-corrected chi connectivity index (χ3v) is 3.47. The first kappa shape index (κ1) is 11.8. The smallest absolute Gasteiger partial charge is 0.195 e. The molecule has 2 aromatic rings. The summed E-state index contributed by atoms with van der Waals surface area (Å²) in [5.74, 6) is 0.0737. The fourth-order valence-corrected chi connectivity index (χ4v) is 2.38. The van der Waals surface area contributed by atoms with Gasteiger partial charge >= 0.3 is 0 Å². The lowest BCUT2D eigenvalue weighted by molar-refractivity contribution is 0.105. The highest BCUT2D eigenvalue weighted by Crippen LogP contribution is 2.16. The monoisotopic (exact) mass is 242 g/mol. The second kappa shape index (κ2) is 5.11. The summed E-state index contributed by atoms with van der Waals surface area (Å²) in [4.78, 5) is 13.8. The maximum absolute atomic E-state index is 11.8. The molecular weight excluding hydrogens is 228 g/mol. The molecular formula is C15H14OS. The zero-order valence-electron chi connectivity index (χ0n) is 9.94. The summed E-state index contributed by atoms with van der Waals surface area (Å²) in [6.07, 6.45) is 3.50. The lowest BCUT2D eigenvalue weighted by Crippen LogP contribution is -1.88. The van der Waals surface area contributed by atoms with E-state index in [0.29, 0.717) is 0 Å². The van der Waals surface area contributed by atoms with Crippen molar-refractivity contribution in [3.05, 3.63) is 63.4 Å². The Labute approximate surface area is 105 Å². The molecule has 86 valence electrons.